The lowest BCUT2D eigenvalue weighted by molar-refractivity contribution is 0.653. The Morgan fingerprint density at radius 2 is 1.18 bits per heavy atom. The van der Waals surface area contributed by atoms with Crippen LogP contribution in [0.15, 0.2) is 167 Å². The Labute approximate surface area is 316 Å². The monoisotopic (exact) mass is 704 g/mol. The van der Waals surface area contributed by atoms with Gasteiger partial charge in [0.25, 0.3) is 0 Å². The second-order valence-corrected chi connectivity index (χ2v) is 15.3. The second kappa shape index (κ2) is 11.0. The van der Waals surface area contributed by atoms with Gasteiger partial charge in [-0.2, -0.15) is 0 Å². The number of furan rings is 2. The first-order chi connectivity index (χ1) is 27.0. The zero-order valence-corrected chi connectivity index (χ0v) is 30.2. The number of para-hydroxylation sites is 1. The maximum atomic E-state index is 6.77. The summed E-state index contributed by atoms with van der Waals surface area (Å²) in [7, 11) is 0. The number of hydrogen-bond acceptors (Lipinski definition) is 4. The van der Waals surface area contributed by atoms with Crippen LogP contribution in [0, 0.1) is 0 Å². The molecule has 4 heterocycles. The molecule has 0 saturated heterocycles. The third-order valence-corrected chi connectivity index (χ3v) is 11.9. The highest BCUT2D eigenvalue weighted by atomic mass is 16.3. The van der Waals surface area contributed by atoms with E-state index in [1.165, 1.54) is 22.3 Å². The highest BCUT2D eigenvalue weighted by Crippen LogP contribution is 2.55. The lowest BCUT2D eigenvalue weighted by atomic mass is 9.81. The van der Waals surface area contributed by atoms with Crippen molar-refractivity contribution in [1.82, 2.24) is 9.97 Å². The van der Waals surface area contributed by atoms with Crippen molar-refractivity contribution in [3.8, 4) is 44.6 Å². The van der Waals surface area contributed by atoms with Crippen LogP contribution in [0.2, 0.25) is 0 Å². The Bertz CT molecular complexity index is 3410. The average molecular weight is 705 g/mol. The van der Waals surface area contributed by atoms with E-state index in [1.54, 1.807) is 0 Å². The van der Waals surface area contributed by atoms with Crippen LogP contribution in [0.25, 0.3) is 110 Å². The lowest BCUT2D eigenvalue weighted by Crippen LogP contribution is -2.15. The molecule has 0 atom stereocenters. The molecule has 0 fully saturated rings. The van der Waals surface area contributed by atoms with E-state index < -0.39 is 0 Å². The molecule has 258 valence electrons. The predicted molar refractivity (Wildman–Crippen MR) is 225 cm³/mol. The molecular weight excluding hydrogens is 673 g/mol. The molecule has 0 saturated carbocycles. The maximum absolute atomic E-state index is 6.77. The molecule has 4 heteroatoms. The Kier molecular flexibility index (Phi) is 6.09. The zero-order valence-electron chi connectivity index (χ0n) is 30.2. The Hall–Kier alpha value is -7.04. The zero-order chi connectivity index (χ0) is 36.4. The van der Waals surface area contributed by atoms with Crippen molar-refractivity contribution < 1.29 is 8.83 Å². The van der Waals surface area contributed by atoms with Gasteiger partial charge in [0.05, 0.1) is 16.7 Å². The van der Waals surface area contributed by atoms with Gasteiger partial charge in [-0.05, 0) is 88.0 Å². The summed E-state index contributed by atoms with van der Waals surface area (Å²) < 4.78 is 13.2. The van der Waals surface area contributed by atoms with E-state index in [2.05, 4.69) is 159 Å². The highest BCUT2D eigenvalue weighted by Gasteiger charge is 2.38. The molecular formula is C51H32N2O2. The first-order valence-corrected chi connectivity index (χ1v) is 18.8. The Balaban J connectivity index is 1.03. The van der Waals surface area contributed by atoms with E-state index in [4.69, 9.17) is 18.8 Å². The fraction of sp³-hybridized carbons (Fsp3) is 0.0588. The first kappa shape index (κ1) is 30.4. The summed E-state index contributed by atoms with van der Waals surface area (Å²) in [5.41, 5.74) is 16.7. The van der Waals surface area contributed by atoms with E-state index in [1.807, 2.05) is 12.3 Å². The van der Waals surface area contributed by atoms with Crippen LogP contribution in [0.5, 0.6) is 0 Å². The van der Waals surface area contributed by atoms with Crippen LogP contribution >= 0.6 is 0 Å². The third-order valence-electron chi connectivity index (χ3n) is 11.9. The largest absolute Gasteiger partial charge is 0.456 e. The third kappa shape index (κ3) is 4.34. The van der Waals surface area contributed by atoms with Crippen molar-refractivity contribution in [2.75, 3.05) is 0 Å². The summed E-state index contributed by atoms with van der Waals surface area (Å²) in [4.78, 5) is 10.2. The summed E-state index contributed by atoms with van der Waals surface area (Å²) in [6.45, 7) is 4.65. The topological polar surface area (TPSA) is 52.1 Å². The van der Waals surface area contributed by atoms with E-state index >= 15 is 0 Å². The van der Waals surface area contributed by atoms with Crippen LogP contribution in [-0.4, -0.2) is 9.97 Å². The molecule has 0 unspecified atom stereocenters. The van der Waals surface area contributed by atoms with Gasteiger partial charge in [0.1, 0.15) is 22.3 Å². The number of hydrogen-bond donors (Lipinski definition) is 0. The quantitative estimate of drug-likeness (QED) is 0.172. The summed E-state index contributed by atoms with van der Waals surface area (Å²) in [6.07, 6.45) is 1.95. The first-order valence-electron chi connectivity index (χ1n) is 18.8. The Morgan fingerprint density at radius 3 is 2.05 bits per heavy atom. The normalized spacial score (nSPS) is 13.4. The van der Waals surface area contributed by atoms with Gasteiger partial charge in [-0.15, -0.1) is 0 Å². The fourth-order valence-electron chi connectivity index (χ4n) is 9.11. The number of aromatic nitrogens is 2. The van der Waals surface area contributed by atoms with Gasteiger partial charge in [0, 0.05) is 60.6 Å². The molecule has 0 aliphatic heterocycles. The molecule has 4 aromatic heterocycles. The van der Waals surface area contributed by atoms with Crippen molar-refractivity contribution in [2.45, 2.75) is 19.3 Å². The minimum Gasteiger partial charge on any atom is -0.456 e. The summed E-state index contributed by atoms with van der Waals surface area (Å²) >= 11 is 0. The number of nitrogens with zero attached hydrogens (tertiary/aromatic N) is 2. The fourth-order valence-corrected chi connectivity index (χ4v) is 9.11. The summed E-state index contributed by atoms with van der Waals surface area (Å²) in [5.74, 6) is 0. The van der Waals surface area contributed by atoms with E-state index in [-0.39, 0.29) is 5.41 Å². The van der Waals surface area contributed by atoms with Crippen molar-refractivity contribution in [3.05, 3.63) is 169 Å². The molecule has 1 aliphatic rings. The van der Waals surface area contributed by atoms with Gasteiger partial charge < -0.3 is 8.83 Å². The highest BCUT2D eigenvalue weighted by molar-refractivity contribution is 6.19. The molecule has 4 nitrogen and oxygen atoms in total. The SMILES string of the molecule is CC1(C)c2ccccc2-c2c1cc(-c1ccc3oc4ccc(-c5ccc6ccc7cc(-c8ccccc8)cnc7c6n5)cc4c3c1)c1c2oc2ccccc21. The molecule has 55 heavy (non-hydrogen) atoms. The van der Waals surface area contributed by atoms with Crippen molar-refractivity contribution in [3.63, 3.8) is 0 Å². The van der Waals surface area contributed by atoms with Crippen molar-refractivity contribution in [1.29, 1.82) is 0 Å². The van der Waals surface area contributed by atoms with Gasteiger partial charge in [-0.25, -0.2) is 4.98 Å². The van der Waals surface area contributed by atoms with Gasteiger partial charge in [-0.1, -0.05) is 111 Å². The van der Waals surface area contributed by atoms with Crippen LogP contribution < -0.4 is 0 Å². The van der Waals surface area contributed by atoms with E-state index in [9.17, 15) is 0 Å². The van der Waals surface area contributed by atoms with Crippen LogP contribution in [0.1, 0.15) is 25.0 Å². The van der Waals surface area contributed by atoms with Gasteiger partial charge >= 0.3 is 0 Å². The number of benzene rings is 7. The molecule has 0 spiro atoms. The summed E-state index contributed by atoms with van der Waals surface area (Å²) in [6, 6.07) is 53.7. The summed E-state index contributed by atoms with van der Waals surface area (Å²) in [5, 5.41) is 6.53. The standard InChI is InChI=1S/C51H32N2O2/c1-51(2)40-14-8-6-12-35(40)47-41(51)27-37(46-36-13-7-9-15-43(36)55-50(46)47)31-19-22-44-38(25-31)39-26-32(20-23-45(39)54-44)42-21-18-30-16-17-33-24-34(29-10-4-3-5-11-29)28-52-48(33)49(30)53-42/h3-28H,1-2H3. The average Bonchev–Trinajstić information content (AvgIpc) is 3.87. The second-order valence-electron chi connectivity index (χ2n) is 15.3. The molecule has 0 radical (unpaired) electrons. The van der Waals surface area contributed by atoms with Gasteiger partial charge in [-0.3, -0.25) is 4.98 Å². The minimum atomic E-state index is -0.174. The molecule has 0 amide bonds. The number of rotatable bonds is 3. The molecule has 7 aromatic carbocycles. The lowest BCUT2D eigenvalue weighted by Gasteiger charge is -2.22. The molecule has 0 N–H and O–H groups in total. The maximum Gasteiger partial charge on any atom is 0.144 e. The van der Waals surface area contributed by atoms with Crippen LogP contribution in [-0.2, 0) is 5.41 Å². The molecule has 12 rings (SSSR count). The molecule has 11 aromatic rings. The number of fused-ring (bicyclic) bond motifs is 13. The van der Waals surface area contributed by atoms with E-state index in [0.717, 1.165) is 99.2 Å². The smallest absolute Gasteiger partial charge is 0.144 e. The molecule has 1 aliphatic carbocycles. The number of pyridine rings is 2. The minimum absolute atomic E-state index is 0.174. The van der Waals surface area contributed by atoms with E-state index in [0.29, 0.717) is 0 Å². The van der Waals surface area contributed by atoms with Crippen LogP contribution in [0.4, 0.5) is 0 Å². The van der Waals surface area contributed by atoms with Crippen molar-refractivity contribution >= 4 is 65.7 Å². The molecule has 0 bridgehead atoms. The Morgan fingerprint density at radius 1 is 0.473 bits per heavy atom. The van der Waals surface area contributed by atoms with Gasteiger partial charge in [0.2, 0.25) is 0 Å². The van der Waals surface area contributed by atoms with Crippen molar-refractivity contribution in [2.24, 2.45) is 0 Å². The van der Waals surface area contributed by atoms with Crippen LogP contribution in [0.3, 0.4) is 0 Å². The predicted octanol–water partition coefficient (Wildman–Crippen LogP) is 13.9. The van der Waals surface area contributed by atoms with Gasteiger partial charge in [0.15, 0.2) is 0 Å².